The molecular weight excluding hydrogens is 864 g/mol. The van der Waals surface area contributed by atoms with Crippen molar-refractivity contribution < 1.29 is 22.9 Å². The highest BCUT2D eigenvalue weighted by Gasteiger charge is 2.31. The second kappa shape index (κ2) is 19.9. The third-order valence-electron chi connectivity index (χ3n) is 13.2. The lowest BCUT2D eigenvalue weighted by molar-refractivity contribution is -0.384. The number of nitro groups is 1. The van der Waals surface area contributed by atoms with Crippen molar-refractivity contribution in [2.24, 2.45) is 11.3 Å². The number of piperidine rings is 1. The number of halogens is 1. The molecule has 2 saturated heterocycles. The van der Waals surface area contributed by atoms with Gasteiger partial charge < -0.3 is 24.8 Å². The molecule has 0 unspecified atom stereocenters. The van der Waals surface area contributed by atoms with Gasteiger partial charge in [0, 0.05) is 73.7 Å². The molecule has 344 valence electrons. The topological polar surface area (TPSA) is 166 Å². The van der Waals surface area contributed by atoms with Crippen LogP contribution in [0, 0.1) is 21.4 Å². The molecule has 3 N–H and O–H groups in total. The summed E-state index contributed by atoms with van der Waals surface area (Å²) >= 11 is 6.25. The number of unbranched alkanes of at least 4 members (excludes halogenated alkanes) is 1. The Morgan fingerprint density at radius 1 is 0.985 bits per heavy atom. The summed E-state index contributed by atoms with van der Waals surface area (Å²) in [5.41, 5.74) is 5.64. The Morgan fingerprint density at radius 2 is 1.75 bits per heavy atom. The van der Waals surface area contributed by atoms with Crippen LogP contribution in [0.3, 0.4) is 0 Å². The van der Waals surface area contributed by atoms with Crippen LogP contribution < -0.4 is 19.7 Å². The first-order valence-electron chi connectivity index (χ1n) is 22.7. The Labute approximate surface area is 386 Å². The number of piperazine rings is 1. The molecule has 3 aromatic carbocycles. The number of ether oxygens (including phenoxy) is 1. The summed E-state index contributed by atoms with van der Waals surface area (Å²) in [5, 5.41) is 17.0. The third kappa shape index (κ3) is 11.3. The number of benzene rings is 3. The maximum atomic E-state index is 14.0. The number of sulfonamides is 1. The number of hydrogen-bond donors (Lipinski definition) is 3. The van der Waals surface area contributed by atoms with Crippen molar-refractivity contribution in [1.29, 1.82) is 0 Å². The number of carbonyl (C=O) groups excluding carboxylic acids is 1. The lowest BCUT2D eigenvalue weighted by atomic mass is 9.72. The number of carbonyl (C=O) groups is 1. The van der Waals surface area contributed by atoms with Crippen molar-refractivity contribution in [3.8, 4) is 11.5 Å². The summed E-state index contributed by atoms with van der Waals surface area (Å²) in [6.07, 6.45) is 10.8. The molecule has 0 bridgehead atoms. The molecule has 5 aromatic rings. The number of aromatic nitrogens is 2. The quantitative estimate of drug-likeness (QED) is 0.0637. The van der Waals surface area contributed by atoms with Gasteiger partial charge in [-0.1, -0.05) is 56.5 Å². The summed E-state index contributed by atoms with van der Waals surface area (Å²) in [7, 11) is -4.55. The first kappa shape index (κ1) is 46.1. The molecule has 16 heteroatoms. The van der Waals surface area contributed by atoms with E-state index in [1.54, 1.807) is 30.5 Å². The van der Waals surface area contributed by atoms with E-state index in [1.807, 2.05) is 18.2 Å². The summed E-state index contributed by atoms with van der Waals surface area (Å²) in [4.78, 5) is 39.9. The van der Waals surface area contributed by atoms with Crippen LogP contribution in [0.2, 0.25) is 5.02 Å². The highest BCUT2D eigenvalue weighted by atomic mass is 35.5. The fourth-order valence-corrected chi connectivity index (χ4v) is 10.4. The van der Waals surface area contributed by atoms with E-state index in [0.717, 1.165) is 113 Å². The van der Waals surface area contributed by atoms with E-state index in [9.17, 15) is 23.3 Å². The van der Waals surface area contributed by atoms with Crippen LogP contribution in [0.25, 0.3) is 16.6 Å². The van der Waals surface area contributed by atoms with Crippen LogP contribution in [-0.2, 0) is 10.0 Å². The number of pyridine rings is 1. The minimum absolute atomic E-state index is 0.0273. The fourth-order valence-electron chi connectivity index (χ4n) is 9.25. The van der Waals surface area contributed by atoms with E-state index in [2.05, 4.69) is 67.6 Å². The van der Waals surface area contributed by atoms with Gasteiger partial charge in [-0.3, -0.25) is 19.8 Å². The predicted octanol–water partition coefficient (Wildman–Crippen LogP) is 9.75. The number of likely N-dealkylation sites (tertiary alicyclic amines) is 1. The Balaban J connectivity index is 0.975. The summed E-state index contributed by atoms with van der Waals surface area (Å²) < 4.78 is 36.0. The number of nitrogens with zero attached hydrogens (tertiary/aromatic N) is 5. The number of hydrogen-bond acceptors (Lipinski definition) is 11. The number of nitro benzene ring substituents is 1. The molecule has 0 saturated carbocycles. The van der Waals surface area contributed by atoms with Gasteiger partial charge in [-0.25, -0.2) is 18.1 Å². The van der Waals surface area contributed by atoms with Gasteiger partial charge in [0.2, 0.25) is 0 Å². The van der Waals surface area contributed by atoms with E-state index < -0.39 is 25.7 Å². The molecule has 2 aliphatic heterocycles. The zero-order chi connectivity index (χ0) is 45.7. The summed E-state index contributed by atoms with van der Waals surface area (Å²) in [6, 6.07) is 20.6. The average Bonchev–Trinajstić information content (AvgIpc) is 3.77. The number of aromatic amines is 1. The van der Waals surface area contributed by atoms with Crippen molar-refractivity contribution >= 4 is 61.2 Å². The van der Waals surface area contributed by atoms with Crippen LogP contribution in [0.1, 0.15) is 81.6 Å². The zero-order valence-electron chi connectivity index (χ0n) is 37.4. The Bertz CT molecular complexity index is 2650. The summed E-state index contributed by atoms with van der Waals surface area (Å²) in [5.74, 6) is -0.103. The van der Waals surface area contributed by atoms with Crippen LogP contribution in [0.4, 0.5) is 17.1 Å². The SMILES string of the molecule is CCCCN1CCC(CNc2ccc(S(=O)(=O)NC(=O)c3ccc(N4CCN(CC5=C(c6ccc(Cl)cc6)CC(C)(C)CC5)CC4)cc3Oc3cnc4[nH]ccc4c3)cc2[N+](=O)[O-])CC1. The predicted molar refractivity (Wildman–Crippen MR) is 258 cm³/mol. The molecule has 2 aromatic heterocycles. The van der Waals surface area contributed by atoms with Gasteiger partial charge in [0.15, 0.2) is 0 Å². The van der Waals surface area contributed by atoms with Gasteiger partial charge in [-0.15, -0.1) is 0 Å². The second-order valence-electron chi connectivity index (χ2n) is 18.5. The minimum atomic E-state index is -4.55. The third-order valence-corrected chi connectivity index (χ3v) is 14.7. The molecule has 65 heavy (non-hydrogen) atoms. The van der Waals surface area contributed by atoms with Crippen LogP contribution in [0.15, 0.2) is 95.7 Å². The highest BCUT2D eigenvalue weighted by molar-refractivity contribution is 7.90. The first-order valence-corrected chi connectivity index (χ1v) is 24.6. The van der Waals surface area contributed by atoms with E-state index >= 15 is 0 Å². The van der Waals surface area contributed by atoms with Crippen molar-refractivity contribution in [1.82, 2.24) is 24.5 Å². The van der Waals surface area contributed by atoms with Gasteiger partial charge in [-0.05, 0) is 129 Å². The Morgan fingerprint density at radius 3 is 2.49 bits per heavy atom. The van der Waals surface area contributed by atoms with Crippen LogP contribution in [0.5, 0.6) is 11.5 Å². The fraction of sp³-hybridized carbons (Fsp3) is 0.429. The average molecular weight is 924 g/mol. The van der Waals surface area contributed by atoms with Gasteiger partial charge in [0.25, 0.3) is 21.6 Å². The molecule has 0 spiro atoms. The molecule has 14 nitrogen and oxygen atoms in total. The van der Waals surface area contributed by atoms with Crippen LogP contribution >= 0.6 is 11.6 Å². The number of fused-ring (bicyclic) bond motifs is 1. The molecular formula is C49H59ClN8O6S. The van der Waals surface area contributed by atoms with Crippen molar-refractivity contribution in [3.63, 3.8) is 0 Å². The van der Waals surface area contributed by atoms with E-state index in [0.29, 0.717) is 23.9 Å². The first-order chi connectivity index (χ1) is 31.2. The zero-order valence-corrected chi connectivity index (χ0v) is 39.0. The van der Waals surface area contributed by atoms with Gasteiger partial charge in [-0.2, -0.15) is 0 Å². The molecule has 1 aliphatic carbocycles. The second-order valence-corrected chi connectivity index (χ2v) is 20.6. The van der Waals surface area contributed by atoms with E-state index in [1.165, 1.54) is 41.5 Å². The maximum Gasteiger partial charge on any atom is 0.293 e. The molecule has 3 aliphatic rings. The Kier molecular flexibility index (Phi) is 14.1. The molecule has 4 heterocycles. The van der Waals surface area contributed by atoms with E-state index in [-0.39, 0.29) is 28.1 Å². The smallest absolute Gasteiger partial charge is 0.293 e. The molecule has 0 radical (unpaired) electrons. The number of nitrogens with one attached hydrogen (secondary N) is 3. The van der Waals surface area contributed by atoms with Gasteiger partial charge >= 0.3 is 0 Å². The minimum Gasteiger partial charge on any atom is -0.455 e. The monoisotopic (exact) mass is 922 g/mol. The highest BCUT2D eigenvalue weighted by Crippen LogP contribution is 2.43. The van der Waals surface area contributed by atoms with Gasteiger partial charge in [0.05, 0.1) is 21.6 Å². The van der Waals surface area contributed by atoms with Crippen molar-refractivity contribution in [2.75, 3.05) is 69.1 Å². The Hall–Kier alpha value is -5.48. The lowest BCUT2D eigenvalue weighted by Crippen LogP contribution is -2.47. The molecule has 2 fully saturated rings. The number of H-pyrrole nitrogens is 1. The number of allylic oxidation sites excluding steroid dienone is 1. The summed E-state index contributed by atoms with van der Waals surface area (Å²) in [6.45, 7) is 14.4. The maximum absolute atomic E-state index is 14.0. The number of amides is 1. The number of anilines is 2. The van der Waals surface area contributed by atoms with Crippen molar-refractivity contribution in [3.05, 3.63) is 117 Å². The lowest BCUT2D eigenvalue weighted by Gasteiger charge is -2.39. The number of rotatable bonds is 16. The van der Waals surface area contributed by atoms with Crippen molar-refractivity contribution in [2.45, 2.75) is 70.6 Å². The molecule has 8 rings (SSSR count). The van der Waals surface area contributed by atoms with Crippen LogP contribution in [-0.4, -0.2) is 97.9 Å². The molecule has 0 atom stereocenters. The molecule has 1 amide bonds. The van der Waals surface area contributed by atoms with E-state index in [4.69, 9.17) is 16.3 Å². The van der Waals surface area contributed by atoms with Gasteiger partial charge in [0.1, 0.15) is 22.8 Å². The normalized spacial score (nSPS) is 17.6. The standard InChI is InChI=1S/C49H59ClN8O6S/c1-4-5-20-55-21-16-34(17-22-55)31-52-44-13-11-41(29-45(44)58(60)61)65(62,63)54-48(59)42-12-10-39(28-46(42)64-40-27-36-15-19-51-47(36)53-32-40)57-25-23-56(24-26-57)33-37-14-18-49(2,3)30-43(37)35-6-8-38(50)9-7-35/h6-13,15,19,27-29,32,34,52H,4-5,14,16-18,20-26,30-31,33H2,1-3H3,(H,51,53)(H,54,59). The largest absolute Gasteiger partial charge is 0.455 e.